The standard InChI is InChI=1S/C16H16N4OS/c17-16(20-6-3-7-20)18-9-15-19-12(10-22-15)14-8-11-4-1-2-5-13(11)21-14/h1-2,4-5,8,10H,3,6-7,9H2,(H2,17,18). The molecule has 0 bridgehead atoms. The quantitative estimate of drug-likeness (QED) is 0.596. The summed E-state index contributed by atoms with van der Waals surface area (Å²) in [6.45, 7) is 2.54. The summed E-state index contributed by atoms with van der Waals surface area (Å²) in [6.07, 6.45) is 1.20. The van der Waals surface area contributed by atoms with E-state index >= 15 is 0 Å². The minimum atomic E-state index is 0.521. The van der Waals surface area contributed by atoms with Crippen LogP contribution in [-0.4, -0.2) is 28.9 Å². The van der Waals surface area contributed by atoms with E-state index in [2.05, 4.69) is 14.9 Å². The van der Waals surface area contributed by atoms with E-state index in [4.69, 9.17) is 10.2 Å². The molecule has 1 fully saturated rings. The summed E-state index contributed by atoms with van der Waals surface area (Å²) >= 11 is 1.58. The van der Waals surface area contributed by atoms with Gasteiger partial charge in [-0.25, -0.2) is 9.98 Å². The van der Waals surface area contributed by atoms with Gasteiger partial charge in [-0.15, -0.1) is 11.3 Å². The smallest absolute Gasteiger partial charge is 0.191 e. The van der Waals surface area contributed by atoms with Crippen LogP contribution in [0.1, 0.15) is 11.4 Å². The van der Waals surface area contributed by atoms with Crippen LogP contribution >= 0.6 is 11.3 Å². The third kappa shape index (κ3) is 2.46. The molecule has 1 aliphatic rings. The number of aliphatic imine (C=N–C) groups is 1. The van der Waals surface area contributed by atoms with Gasteiger partial charge in [0.05, 0.1) is 6.54 Å². The highest BCUT2D eigenvalue weighted by Gasteiger charge is 2.15. The number of rotatable bonds is 3. The fraction of sp³-hybridized carbons (Fsp3) is 0.250. The fourth-order valence-corrected chi connectivity index (χ4v) is 3.11. The first-order valence-corrected chi connectivity index (χ1v) is 8.16. The monoisotopic (exact) mass is 312 g/mol. The second-order valence-corrected chi connectivity index (χ2v) is 6.23. The van der Waals surface area contributed by atoms with Crippen molar-refractivity contribution < 1.29 is 4.42 Å². The molecule has 22 heavy (non-hydrogen) atoms. The van der Waals surface area contributed by atoms with Gasteiger partial charge in [-0.1, -0.05) is 18.2 Å². The SMILES string of the molecule is NC(=NCc1nc(-c2cc3ccccc3o2)cs1)N1CCC1. The van der Waals surface area contributed by atoms with Crippen molar-refractivity contribution in [1.29, 1.82) is 0 Å². The molecule has 0 amide bonds. The number of fused-ring (bicyclic) bond motifs is 1. The number of nitrogens with two attached hydrogens (primary N) is 1. The van der Waals surface area contributed by atoms with Crippen molar-refractivity contribution >= 4 is 28.3 Å². The molecule has 1 aromatic carbocycles. The van der Waals surface area contributed by atoms with Crippen LogP contribution in [0.5, 0.6) is 0 Å². The summed E-state index contributed by atoms with van der Waals surface area (Å²) in [4.78, 5) is 11.1. The van der Waals surface area contributed by atoms with Crippen LogP contribution in [0.15, 0.2) is 45.1 Å². The van der Waals surface area contributed by atoms with Gasteiger partial charge in [0.15, 0.2) is 11.7 Å². The number of aromatic nitrogens is 1. The van der Waals surface area contributed by atoms with Gasteiger partial charge in [-0.3, -0.25) is 0 Å². The van der Waals surface area contributed by atoms with E-state index in [0.717, 1.165) is 40.5 Å². The molecule has 0 atom stereocenters. The van der Waals surface area contributed by atoms with Crippen LogP contribution in [-0.2, 0) is 6.54 Å². The minimum absolute atomic E-state index is 0.521. The highest BCUT2D eigenvalue weighted by molar-refractivity contribution is 7.09. The summed E-state index contributed by atoms with van der Waals surface area (Å²) in [7, 11) is 0. The molecule has 3 aromatic rings. The van der Waals surface area contributed by atoms with E-state index in [1.807, 2.05) is 35.7 Å². The average molecular weight is 312 g/mol. The second kappa shape index (κ2) is 5.46. The molecule has 5 nitrogen and oxygen atoms in total. The maximum Gasteiger partial charge on any atom is 0.191 e. The summed E-state index contributed by atoms with van der Waals surface area (Å²) in [5.74, 6) is 1.41. The predicted octanol–water partition coefficient (Wildman–Crippen LogP) is 3.08. The van der Waals surface area contributed by atoms with Gasteiger partial charge in [-0.2, -0.15) is 0 Å². The van der Waals surface area contributed by atoms with Crippen molar-refractivity contribution in [1.82, 2.24) is 9.88 Å². The lowest BCUT2D eigenvalue weighted by Gasteiger charge is -2.31. The van der Waals surface area contributed by atoms with Gasteiger partial charge >= 0.3 is 0 Å². The maximum absolute atomic E-state index is 5.93. The van der Waals surface area contributed by atoms with Crippen LogP contribution in [0.3, 0.4) is 0 Å². The van der Waals surface area contributed by atoms with Crippen molar-refractivity contribution in [2.45, 2.75) is 13.0 Å². The van der Waals surface area contributed by atoms with E-state index in [9.17, 15) is 0 Å². The normalized spacial score (nSPS) is 15.3. The van der Waals surface area contributed by atoms with Crippen molar-refractivity contribution in [3.8, 4) is 11.5 Å². The van der Waals surface area contributed by atoms with Crippen LogP contribution in [0.4, 0.5) is 0 Å². The maximum atomic E-state index is 5.93. The van der Waals surface area contributed by atoms with Crippen LogP contribution in [0.25, 0.3) is 22.4 Å². The number of likely N-dealkylation sites (tertiary alicyclic amines) is 1. The van der Waals surface area contributed by atoms with Crippen molar-refractivity contribution in [3.63, 3.8) is 0 Å². The Morgan fingerprint density at radius 3 is 3.00 bits per heavy atom. The number of hydrogen-bond donors (Lipinski definition) is 1. The highest BCUT2D eigenvalue weighted by Crippen LogP contribution is 2.28. The van der Waals surface area contributed by atoms with Crippen molar-refractivity contribution in [2.75, 3.05) is 13.1 Å². The predicted molar refractivity (Wildman–Crippen MR) is 88.8 cm³/mol. The van der Waals surface area contributed by atoms with E-state index in [1.54, 1.807) is 11.3 Å². The molecule has 0 aliphatic carbocycles. The summed E-state index contributed by atoms with van der Waals surface area (Å²) in [6, 6.07) is 9.99. The number of guanidine groups is 1. The van der Waals surface area contributed by atoms with Crippen molar-refractivity contribution in [2.24, 2.45) is 10.7 Å². The van der Waals surface area contributed by atoms with Crippen LogP contribution in [0.2, 0.25) is 0 Å². The van der Waals surface area contributed by atoms with E-state index in [-0.39, 0.29) is 0 Å². The molecule has 6 heteroatoms. The topological polar surface area (TPSA) is 67.6 Å². The van der Waals surface area contributed by atoms with E-state index in [0.29, 0.717) is 12.5 Å². The van der Waals surface area contributed by atoms with Crippen LogP contribution in [0, 0.1) is 0 Å². The molecule has 112 valence electrons. The van der Waals surface area contributed by atoms with Gasteiger partial charge in [0.1, 0.15) is 16.3 Å². The zero-order valence-corrected chi connectivity index (χ0v) is 12.8. The molecule has 4 rings (SSSR count). The zero-order chi connectivity index (χ0) is 14.9. The Morgan fingerprint density at radius 2 is 2.23 bits per heavy atom. The molecule has 1 aliphatic heterocycles. The molecular formula is C16H16N4OS. The fourth-order valence-electron chi connectivity index (χ4n) is 2.40. The Morgan fingerprint density at radius 1 is 1.36 bits per heavy atom. The lowest BCUT2D eigenvalue weighted by molar-refractivity contribution is 0.295. The molecule has 0 radical (unpaired) electrons. The van der Waals surface area contributed by atoms with Crippen LogP contribution < -0.4 is 5.73 Å². The third-order valence-corrected chi connectivity index (χ3v) is 4.62. The zero-order valence-electron chi connectivity index (χ0n) is 12.0. The number of furan rings is 1. The number of thiazole rings is 1. The Kier molecular flexibility index (Phi) is 3.31. The van der Waals surface area contributed by atoms with Gasteiger partial charge in [-0.05, 0) is 18.6 Å². The molecule has 0 unspecified atom stereocenters. The van der Waals surface area contributed by atoms with Crippen molar-refractivity contribution in [3.05, 3.63) is 40.7 Å². The Balaban J connectivity index is 1.53. The largest absolute Gasteiger partial charge is 0.454 e. The Hall–Kier alpha value is -2.34. The Labute approximate surface area is 132 Å². The van der Waals surface area contributed by atoms with E-state index < -0.39 is 0 Å². The average Bonchev–Trinajstić information content (AvgIpc) is 3.09. The number of benzene rings is 1. The molecule has 0 saturated carbocycles. The lowest BCUT2D eigenvalue weighted by atomic mass is 10.2. The van der Waals surface area contributed by atoms with Gasteiger partial charge in [0.25, 0.3) is 0 Å². The molecule has 0 spiro atoms. The number of para-hydroxylation sites is 1. The molecule has 2 aromatic heterocycles. The third-order valence-electron chi connectivity index (χ3n) is 3.79. The van der Waals surface area contributed by atoms with Gasteiger partial charge < -0.3 is 15.1 Å². The molecule has 3 heterocycles. The second-order valence-electron chi connectivity index (χ2n) is 5.29. The summed E-state index contributed by atoms with van der Waals surface area (Å²) in [5, 5.41) is 4.04. The summed E-state index contributed by atoms with van der Waals surface area (Å²) < 4.78 is 5.83. The molecule has 2 N–H and O–H groups in total. The molecular weight excluding hydrogens is 296 g/mol. The Bertz CT molecular complexity index is 798. The first-order valence-electron chi connectivity index (χ1n) is 7.28. The lowest BCUT2D eigenvalue weighted by Crippen LogP contribution is -2.46. The number of nitrogens with zero attached hydrogens (tertiary/aromatic N) is 3. The first-order chi connectivity index (χ1) is 10.8. The number of hydrogen-bond acceptors (Lipinski definition) is 4. The summed E-state index contributed by atoms with van der Waals surface area (Å²) in [5.41, 5.74) is 7.67. The first kappa shape index (κ1) is 13.3. The minimum Gasteiger partial charge on any atom is -0.454 e. The molecule has 1 saturated heterocycles. The highest BCUT2D eigenvalue weighted by atomic mass is 32.1. The van der Waals surface area contributed by atoms with Gasteiger partial charge in [0, 0.05) is 23.9 Å². The van der Waals surface area contributed by atoms with Gasteiger partial charge in [0.2, 0.25) is 0 Å². The van der Waals surface area contributed by atoms with E-state index in [1.165, 1.54) is 6.42 Å².